The molecule has 0 unspecified atom stereocenters. The zero-order valence-electron chi connectivity index (χ0n) is 14.7. The van der Waals surface area contributed by atoms with Crippen LogP contribution in [0.3, 0.4) is 0 Å². The summed E-state index contributed by atoms with van der Waals surface area (Å²) in [6.07, 6.45) is 3.13. The maximum atomic E-state index is 12.9. The number of amides is 1. The van der Waals surface area contributed by atoms with Gasteiger partial charge in [-0.1, -0.05) is 12.1 Å². The summed E-state index contributed by atoms with van der Waals surface area (Å²) < 4.78 is 15.8. The summed E-state index contributed by atoms with van der Waals surface area (Å²) >= 11 is 0. The number of nitro groups is 1. The molecule has 10 heteroatoms. The lowest BCUT2D eigenvalue weighted by Crippen LogP contribution is -2.20. The Morgan fingerprint density at radius 2 is 2.00 bits per heavy atom. The SMILES string of the molecule is Cc1nn(CC(=O)Nc2cnn(Cc3ccc(F)cc3)c2)c(C)c1[N+](=O)[O-]. The lowest BCUT2D eigenvalue weighted by molar-refractivity contribution is -0.386. The van der Waals surface area contributed by atoms with Crippen LogP contribution < -0.4 is 5.32 Å². The Bertz CT molecular complexity index is 993. The molecular weight excluding hydrogens is 355 g/mol. The highest BCUT2D eigenvalue weighted by atomic mass is 19.1. The van der Waals surface area contributed by atoms with Crippen molar-refractivity contribution >= 4 is 17.3 Å². The first-order valence-corrected chi connectivity index (χ1v) is 8.08. The van der Waals surface area contributed by atoms with Crippen LogP contribution in [0.25, 0.3) is 0 Å². The van der Waals surface area contributed by atoms with Gasteiger partial charge >= 0.3 is 5.69 Å². The van der Waals surface area contributed by atoms with Crippen LogP contribution in [0.15, 0.2) is 36.7 Å². The van der Waals surface area contributed by atoms with E-state index < -0.39 is 4.92 Å². The molecule has 0 atom stereocenters. The molecule has 1 amide bonds. The number of halogens is 1. The molecule has 2 aromatic heterocycles. The minimum atomic E-state index is -0.508. The van der Waals surface area contributed by atoms with E-state index in [1.807, 2.05) is 0 Å². The molecule has 1 N–H and O–H groups in total. The van der Waals surface area contributed by atoms with Gasteiger partial charge in [0.25, 0.3) is 0 Å². The summed E-state index contributed by atoms with van der Waals surface area (Å²) in [6, 6.07) is 6.06. The average molecular weight is 372 g/mol. The van der Waals surface area contributed by atoms with E-state index in [0.717, 1.165) is 5.56 Å². The van der Waals surface area contributed by atoms with Gasteiger partial charge in [-0.25, -0.2) is 4.39 Å². The molecule has 0 aliphatic rings. The van der Waals surface area contributed by atoms with Crippen molar-refractivity contribution in [3.63, 3.8) is 0 Å². The van der Waals surface area contributed by atoms with Crippen LogP contribution in [0.1, 0.15) is 17.0 Å². The molecule has 3 rings (SSSR count). The van der Waals surface area contributed by atoms with Gasteiger partial charge in [-0.05, 0) is 31.5 Å². The fourth-order valence-electron chi connectivity index (χ4n) is 2.73. The number of carbonyl (C=O) groups is 1. The third-order valence-corrected chi connectivity index (χ3v) is 3.99. The summed E-state index contributed by atoms with van der Waals surface area (Å²) in [7, 11) is 0. The van der Waals surface area contributed by atoms with Crippen molar-refractivity contribution in [1.29, 1.82) is 0 Å². The van der Waals surface area contributed by atoms with Crippen LogP contribution in [0.5, 0.6) is 0 Å². The molecular formula is C17H17FN6O3. The number of benzene rings is 1. The molecule has 0 aliphatic carbocycles. The molecule has 0 saturated heterocycles. The molecule has 2 heterocycles. The number of nitrogens with zero attached hydrogens (tertiary/aromatic N) is 5. The second kappa shape index (κ2) is 7.36. The predicted molar refractivity (Wildman–Crippen MR) is 94.7 cm³/mol. The maximum absolute atomic E-state index is 12.9. The van der Waals surface area contributed by atoms with Gasteiger partial charge in [-0.15, -0.1) is 0 Å². The Labute approximate surface area is 153 Å². The first kappa shape index (κ1) is 18.2. The van der Waals surface area contributed by atoms with E-state index in [2.05, 4.69) is 15.5 Å². The normalized spacial score (nSPS) is 10.8. The molecule has 0 saturated carbocycles. The van der Waals surface area contributed by atoms with Crippen molar-refractivity contribution in [2.75, 3.05) is 5.32 Å². The number of nitrogens with one attached hydrogen (secondary N) is 1. The molecule has 3 aromatic rings. The Morgan fingerprint density at radius 3 is 2.63 bits per heavy atom. The van der Waals surface area contributed by atoms with Gasteiger partial charge in [-0.2, -0.15) is 10.2 Å². The highest BCUT2D eigenvalue weighted by Crippen LogP contribution is 2.21. The Kier molecular flexibility index (Phi) is 4.97. The van der Waals surface area contributed by atoms with Crippen LogP contribution in [0.2, 0.25) is 0 Å². The summed E-state index contributed by atoms with van der Waals surface area (Å²) in [5, 5.41) is 21.9. The molecule has 0 aliphatic heterocycles. The molecule has 1 aromatic carbocycles. The van der Waals surface area contributed by atoms with Crippen LogP contribution in [-0.2, 0) is 17.9 Å². The van der Waals surface area contributed by atoms with Gasteiger partial charge in [0.05, 0.1) is 23.4 Å². The topological polar surface area (TPSA) is 108 Å². The van der Waals surface area contributed by atoms with Gasteiger partial charge in [0, 0.05) is 6.20 Å². The second-order valence-electron chi connectivity index (χ2n) is 6.04. The minimum Gasteiger partial charge on any atom is -0.322 e. The fourth-order valence-corrected chi connectivity index (χ4v) is 2.73. The van der Waals surface area contributed by atoms with Crippen molar-refractivity contribution in [2.45, 2.75) is 26.9 Å². The summed E-state index contributed by atoms with van der Waals surface area (Å²) in [5.41, 5.74) is 1.84. The van der Waals surface area contributed by atoms with Crippen molar-refractivity contribution in [2.24, 2.45) is 0 Å². The van der Waals surface area contributed by atoms with E-state index in [4.69, 9.17) is 0 Å². The lowest BCUT2D eigenvalue weighted by atomic mass is 10.2. The number of hydrogen-bond acceptors (Lipinski definition) is 5. The van der Waals surface area contributed by atoms with Crippen LogP contribution >= 0.6 is 0 Å². The van der Waals surface area contributed by atoms with E-state index >= 15 is 0 Å². The largest absolute Gasteiger partial charge is 0.322 e. The minimum absolute atomic E-state index is 0.0880. The summed E-state index contributed by atoms with van der Waals surface area (Å²) in [6.45, 7) is 3.36. The van der Waals surface area contributed by atoms with Crippen molar-refractivity contribution in [3.05, 3.63) is 69.5 Å². The van der Waals surface area contributed by atoms with Crippen LogP contribution in [0.4, 0.5) is 15.8 Å². The number of aryl methyl sites for hydroxylation is 1. The van der Waals surface area contributed by atoms with Gasteiger partial charge in [-0.3, -0.25) is 24.3 Å². The first-order valence-electron chi connectivity index (χ1n) is 8.08. The highest BCUT2D eigenvalue weighted by Gasteiger charge is 2.22. The van der Waals surface area contributed by atoms with Crippen molar-refractivity contribution in [3.8, 4) is 0 Å². The Hall–Kier alpha value is -3.56. The second-order valence-corrected chi connectivity index (χ2v) is 6.04. The third-order valence-electron chi connectivity index (χ3n) is 3.99. The predicted octanol–water partition coefficient (Wildman–Crippen LogP) is 2.43. The number of rotatable bonds is 6. The quantitative estimate of drug-likeness (QED) is 0.528. The van der Waals surface area contributed by atoms with E-state index in [0.29, 0.717) is 17.9 Å². The van der Waals surface area contributed by atoms with Gasteiger partial charge in [0.15, 0.2) is 0 Å². The summed E-state index contributed by atoms with van der Waals surface area (Å²) in [5.74, 6) is -0.687. The van der Waals surface area contributed by atoms with E-state index in [1.165, 1.54) is 29.9 Å². The molecule has 0 spiro atoms. The number of anilines is 1. The molecule has 0 bridgehead atoms. The lowest BCUT2D eigenvalue weighted by Gasteiger charge is -2.04. The zero-order valence-corrected chi connectivity index (χ0v) is 14.7. The number of hydrogen-bond donors (Lipinski definition) is 1. The van der Waals surface area contributed by atoms with Crippen LogP contribution in [0, 0.1) is 29.8 Å². The highest BCUT2D eigenvalue weighted by molar-refractivity contribution is 5.90. The zero-order chi connectivity index (χ0) is 19.6. The first-order chi connectivity index (χ1) is 12.8. The Balaban J connectivity index is 1.63. The van der Waals surface area contributed by atoms with Crippen molar-refractivity contribution < 1.29 is 14.1 Å². The van der Waals surface area contributed by atoms with E-state index in [1.54, 1.807) is 29.9 Å². The molecule has 9 nitrogen and oxygen atoms in total. The van der Waals surface area contributed by atoms with E-state index in [9.17, 15) is 19.3 Å². The average Bonchev–Trinajstić information content (AvgIpc) is 3.13. The Morgan fingerprint density at radius 1 is 1.30 bits per heavy atom. The van der Waals surface area contributed by atoms with Gasteiger partial charge in [0.1, 0.15) is 23.7 Å². The van der Waals surface area contributed by atoms with Crippen LogP contribution in [-0.4, -0.2) is 30.4 Å². The van der Waals surface area contributed by atoms with Crippen molar-refractivity contribution in [1.82, 2.24) is 19.6 Å². The molecule has 27 heavy (non-hydrogen) atoms. The van der Waals surface area contributed by atoms with E-state index in [-0.39, 0.29) is 29.7 Å². The third kappa shape index (κ3) is 4.17. The molecule has 140 valence electrons. The smallest absolute Gasteiger partial charge is 0.312 e. The van der Waals surface area contributed by atoms with Gasteiger partial charge in [0.2, 0.25) is 5.91 Å². The van der Waals surface area contributed by atoms with Gasteiger partial charge < -0.3 is 5.32 Å². The molecule has 0 fully saturated rings. The number of aromatic nitrogens is 4. The fraction of sp³-hybridized carbons (Fsp3) is 0.235. The standard InChI is InChI=1S/C17H17FN6O3/c1-11-17(24(26)27)12(2)23(21-11)10-16(25)20-15-7-19-22(9-15)8-13-3-5-14(18)6-4-13/h3-7,9H,8,10H2,1-2H3,(H,20,25). The maximum Gasteiger partial charge on any atom is 0.312 e. The molecule has 0 radical (unpaired) electrons. The monoisotopic (exact) mass is 372 g/mol. The number of carbonyl (C=O) groups excluding carboxylic acids is 1. The summed E-state index contributed by atoms with van der Waals surface area (Å²) in [4.78, 5) is 22.7.